The summed E-state index contributed by atoms with van der Waals surface area (Å²) in [6.45, 7) is 0. The summed E-state index contributed by atoms with van der Waals surface area (Å²) in [5, 5.41) is 10.0. The maximum atomic E-state index is 9.62. The molecule has 0 bridgehead atoms. The second-order valence-corrected chi connectivity index (χ2v) is 20.3. The average Bonchev–Trinajstić information content (AvgIpc) is 4.07. The van der Waals surface area contributed by atoms with Crippen molar-refractivity contribution in [3.05, 3.63) is 243 Å². The minimum Gasteiger partial charge on any atom is -0.454 e. The molecule has 13 aromatic rings. The summed E-state index contributed by atoms with van der Waals surface area (Å²) in [4.78, 5) is 0. The second kappa shape index (κ2) is 14.5. The van der Waals surface area contributed by atoms with Crippen LogP contribution in [0, 0.1) is 0 Å². The average molecular weight is 837 g/mol. The highest BCUT2D eigenvalue weighted by Crippen LogP contribution is 2.45. The Morgan fingerprint density at radius 2 is 0.891 bits per heavy atom. The van der Waals surface area contributed by atoms with Crippen molar-refractivity contribution in [2.75, 3.05) is 0 Å². The Balaban J connectivity index is 1.12. The van der Waals surface area contributed by atoms with Gasteiger partial charge in [-0.2, -0.15) is 0 Å². The summed E-state index contributed by atoms with van der Waals surface area (Å²) in [5.41, 5.74) is 8.46. The van der Waals surface area contributed by atoms with Crippen molar-refractivity contribution in [1.82, 2.24) is 9.13 Å². The third-order valence-electron chi connectivity index (χ3n) is 13.2. The lowest BCUT2D eigenvalue weighted by atomic mass is 10.1. The van der Waals surface area contributed by atoms with Gasteiger partial charge in [-0.1, -0.05) is 200 Å². The highest BCUT2D eigenvalue weighted by atomic mass is 28.3. The number of hydrogen-bond acceptors (Lipinski definition) is 1. The summed E-state index contributed by atoms with van der Waals surface area (Å²) in [5.74, 6) is 0. The van der Waals surface area contributed by atoms with Crippen LogP contribution >= 0.6 is 0 Å². The zero-order valence-corrected chi connectivity index (χ0v) is 35.6. The number of rotatable bonds is 7. The molecular formula is C60H40N2OSi. The molecule has 0 radical (unpaired) electrons. The lowest BCUT2D eigenvalue weighted by molar-refractivity contribution is 0.666. The third-order valence-corrected chi connectivity index (χ3v) is 18.0. The van der Waals surface area contributed by atoms with Gasteiger partial charge in [0.05, 0.1) is 38.6 Å². The van der Waals surface area contributed by atoms with Gasteiger partial charge in [0.1, 0.15) is 5.58 Å². The number of aromatic nitrogens is 2. The standard InChI is InChI=1S/C60H40N2OSi/c1-4-18-41(19-5-1)42-32-36-46(37-33-42)64(44-20-6-2-7-21-44,45-22-8-3-9-23-45)47-38-34-43(35-39-47)61-53-28-14-12-26-50(53)52-40-56(60-58(59(52)61)51-27-13-17-31-57(51)63-60)62-54-29-15-10-24-48(54)49-25-11-16-30-55(49)62/h1-40H/i12D,14D,26D,28D. The molecule has 0 N–H and O–H groups in total. The van der Waals surface area contributed by atoms with E-state index in [4.69, 9.17) is 7.16 Å². The van der Waals surface area contributed by atoms with E-state index in [1.54, 1.807) is 0 Å². The molecule has 0 atom stereocenters. The van der Waals surface area contributed by atoms with E-state index in [-0.39, 0.29) is 24.2 Å². The normalized spacial score (nSPS) is 12.9. The fraction of sp³-hybridized carbons (Fsp3) is 0. The van der Waals surface area contributed by atoms with Gasteiger partial charge in [0, 0.05) is 32.6 Å². The fourth-order valence-corrected chi connectivity index (χ4v) is 15.2. The maximum Gasteiger partial charge on any atom is 0.179 e. The zero-order chi connectivity index (χ0) is 45.7. The van der Waals surface area contributed by atoms with E-state index in [9.17, 15) is 2.74 Å². The zero-order valence-electron chi connectivity index (χ0n) is 38.6. The van der Waals surface area contributed by atoms with Crippen LogP contribution in [0.25, 0.3) is 88.1 Å². The van der Waals surface area contributed by atoms with E-state index in [0.717, 1.165) is 55.0 Å². The molecule has 0 fully saturated rings. The van der Waals surface area contributed by atoms with Crippen LogP contribution in [-0.4, -0.2) is 17.2 Å². The summed E-state index contributed by atoms with van der Waals surface area (Å²) in [6, 6.07) is 76.2. The predicted molar refractivity (Wildman–Crippen MR) is 271 cm³/mol. The predicted octanol–water partition coefficient (Wildman–Crippen LogP) is 12.8. The molecule has 3 heterocycles. The van der Waals surface area contributed by atoms with Gasteiger partial charge in [-0.3, -0.25) is 0 Å². The smallest absolute Gasteiger partial charge is 0.179 e. The van der Waals surface area contributed by atoms with Crippen molar-refractivity contribution in [3.8, 4) is 22.5 Å². The Hall–Kier alpha value is -8.18. The van der Waals surface area contributed by atoms with Crippen LogP contribution in [-0.2, 0) is 0 Å². The Labute approximate surface area is 376 Å². The van der Waals surface area contributed by atoms with Gasteiger partial charge in [-0.25, -0.2) is 0 Å². The number of fused-ring (bicyclic) bond motifs is 10. The first-order valence-corrected chi connectivity index (χ1v) is 23.7. The first-order chi connectivity index (χ1) is 33.4. The van der Waals surface area contributed by atoms with Crippen LogP contribution in [0.2, 0.25) is 0 Å². The highest BCUT2D eigenvalue weighted by Gasteiger charge is 2.41. The third kappa shape index (κ3) is 5.33. The molecule has 13 rings (SSSR count). The summed E-state index contributed by atoms with van der Waals surface area (Å²) in [7, 11) is -2.98. The number of benzene rings is 10. The summed E-state index contributed by atoms with van der Waals surface area (Å²) < 4.78 is 48.5. The lowest BCUT2D eigenvalue weighted by Gasteiger charge is -2.34. The SMILES string of the molecule is [2H]c1c([2H])c([2H])c2c(c1[2H])c1cc(-n3c4ccccc4c4ccccc43)c3oc4ccccc4c3c1n2-c1ccc([Si](c2ccccc2)(c2ccccc2)c2ccc(-c3ccccc3)cc2)cc1. The second-order valence-electron chi connectivity index (χ2n) is 16.5. The van der Waals surface area contributed by atoms with Gasteiger partial charge >= 0.3 is 0 Å². The van der Waals surface area contributed by atoms with E-state index in [0.29, 0.717) is 27.5 Å². The molecule has 4 heteroatoms. The van der Waals surface area contributed by atoms with Gasteiger partial charge in [0.15, 0.2) is 13.7 Å². The van der Waals surface area contributed by atoms with Crippen molar-refractivity contribution in [2.24, 2.45) is 0 Å². The molecule has 0 unspecified atom stereocenters. The van der Waals surface area contributed by atoms with Gasteiger partial charge < -0.3 is 13.6 Å². The number of nitrogens with zero attached hydrogens (tertiary/aromatic N) is 2. The van der Waals surface area contributed by atoms with Gasteiger partial charge in [0.2, 0.25) is 0 Å². The lowest BCUT2D eigenvalue weighted by Crippen LogP contribution is -2.74. The Morgan fingerprint density at radius 3 is 1.53 bits per heavy atom. The monoisotopic (exact) mass is 836 g/mol. The number of hydrogen-bond donors (Lipinski definition) is 0. The number of furan rings is 1. The topological polar surface area (TPSA) is 23.0 Å². The van der Waals surface area contributed by atoms with Crippen molar-refractivity contribution in [2.45, 2.75) is 0 Å². The molecule has 0 aliphatic rings. The van der Waals surface area contributed by atoms with Gasteiger partial charge in [-0.05, 0) is 74.3 Å². The van der Waals surface area contributed by atoms with Crippen LogP contribution in [0.4, 0.5) is 0 Å². The van der Waals surface area contributed by atoms with E-state index in [1.807, 2.05) is 36.4 Å². The minimum atomic E-state index is -2.98. The van der Waals surface area contributed by atoms with Crippen LogP contribution in [0.1, 0.15) is 5.48 Å². The van der Waals surface area contributed by atoms with Gasteiger partial charge in [-0.15, -0.1) is 0 Å². The molecule has 3 nitrogen and oxygen atoms in total. The maximum absolute atomic E-state index is 9.62. The van der Waals surface area contributed by atoms with Crippen LogP contribution in [0.15, 0.2) is 247 Å². The Bertz CT molecular complexity index is 4010. The van der Waals surface area contributed by atoms with Crippen LogP contribution < -0.4 is 20.7 Å². The minimum absolute atomic E-state index is 0.0831. The fourth-order valence-electron chi connectivity index (χ4n) is 10.5. The van der Waals surface area contributed by atoms with E-state index in [2.05, 4.69) is 191 Å². The van der Waals surface area contributed by atoms with Crippen molar-refractivity contribution >= 4 is 94.4 Å². The van der Waals surface area contributed by atoms with Crippen molar-refractivity contribution in [3.63, 3.8) is 0 Å². The molecule has 0 spiro atoms. The van der Waals surface area contributed by atoms with Gasteiger partial charge in [0.25, 0.3) is 0 Å². The molecule has 0 aliphatic heterocycles. The molecule has 0 saturated heterocycles. The van der Waals surface area contributed by atoms with E-state index >= 15 is 0 Å². The number of para-hydroxylation sites is 4. The molecule has 0 saturated carbocycles. The van der Waals surface area contributed by atoms with E-state index < -0.39 is 8.07 Å². The highest BCUT2D eigenvalue weighted by molar-refractivity contribution is 7.19. The van der Waals surface area contributed by atoms with Crippen molar-refractivity contribution < 1.29 is 9.90 Å². The molecule has 64 heavy (non-hydrogen) atoms. The summed E-state index contributed by atoms with van der Waals surface area (Å²) in [6.07, 6.45) is 0. The molecule has 0 amide bonds. The first-order valence-electron chi connectivity index (χ1n) is 23.7. The summed E-state index contributed by atoms with van der Waals surface area (Å²) >= 11 is 0. The molecule has 300 valence electrons. The molecule has 3 aromatic heterocycles. The Kier molecular flexibility index (Phi) is 7.34. The van der Waals surface area contributed by atoms with Crippen LogP contribution in [0.3, 0.4) is 0 Å². The van der Waals surface area contributed by atoms with E-state index in [1.165, 1.54) is 26.3 Å². The Morgan fingerprint density at radius 1 is 0.391 bits per heavy atom. The molecule has 0 aliphatic carbocycles. The molecular weight excluding hydrogens is 793 g/mol. The van der Waals surface area contributed by atoms with Crippen LogP contribution in [0.5, 0.6) is 0 Å². The first kappa shape index (κ1) is 32.5. The molecule has 10 aromatic carbocycles. The quantitative estimate of drug-likeness (QED) is 0.116. The largest absolute Gasteiger partial charge is 0.454 e. The van der Waals surface area contributed by atoms with Crippen molar-refractivity contribution in [1.29, 1.82) is 0 Å².